The van der Waals surface area contributed by atoms with Gasteiger partial charge < -0.3 is 10.2 Å². The van der Waals surface area contributed by atoms with E-state index < -0.39 is 18.1 Å². The zero-order chi connectivity index (χ0) is 12.1. The van der Waals surface area contributed by atoms with Crippen LogP contribution < -0.4 is 0 Å². The molecule has 1 aliphatic rings. The number of halogens is 3. The van der Waals surface area contributed by atoms with Crippen LogP contribution in [0.2, 0.25) is 0 Å². The third-order valence-corrected chi connectivity index (χ3v) is 1.95. The number of carboxylic acid groups (broad SMARTS) is 2. The molecule has 15 heavy (non-hydrogen) atoms. The highest BCUT2D eigenvalue weighted by Gasteiger charge is 2.38. The summed E-state index contributed by atoms with van der Waals surface area (Å²) in [6.45, 7) is 0. The molecule has 0 aromatic rings. The van der Waals surface area contributed by atoms with E-state index in [1.165, 1.54) is 0 Å². The van der Waals surface area contributed by atoms with Crippen LogP contribution in [0.4, 0.5) is 13.2 Å². The summed E-state index contributed by atoms with van der Waals surface area (Å²) in [4.78, 5) is 19.1. The van der Waals surface area contributed by atoms with Crippen LogP contribution in [0.5, 0.6) is 0 Å². The zero-order valence-electron chi connectivity index (χ0n) is 7.75. The lowest BCUT2D eigenvalue weighted by Crippen LogP contribution is -2.21. The van der Waals surface area contributed by atoms with Crippen LogP contribution in [0, 0.1) is 5.92 Å². The Bertz CT molecular complexity index is 231. The molecule has 0 aromatic heterocycles. The maximum absolute atomic E-state index is 10.6. The Morgan fingerprint density at radius 2 is 1.40 bits per heavy atom. The van der Waals surface area contributed by atoms with Gasteiger partial charge in [-0.3, -0.25) is 4.79 Å². The summed E-state index contributed by atoms with van der Waals surface area (Å²) < 4.78 is 31.7. The molecule has 0 aliphatic heterocycles. The Morgan fingerprint density at radius 1 is 1.07 bits per heavy atom. The first-order valence-corrected chi connectivity index (χ1v) is 4.28. The Kier molecular flexibility index (Phi) is 5.10. The van der Waals surface area contributed by atoms with Gasteiger partial charge in [-0.2, -0.15) is 13.2 Å². The number of alkyl halides is 3. The van der Waals surface area contributed by atoms with E-state index in [0.29, 0.717) is 0 Å². The van der Waals surface area contributed by atoms with Crippen LogP contribution in [0.3, 0.4) is 0 Å². The topological polar surface area (TPSA) is 74.6 Å². The zero-order valence-corrected chi connectivity index (χ0v) is 7.75. The number of carboxylic acids is 2. The molecule has 1 saturated carbocycles. The van der Waals surface area contributed by atoms with Gasteiger partial charge in [0.05, 0.1) is 5.92 Å². The second-order valence-electron chi connectivity index (χ2n) is 3.12. The van der Waals surface area contributed by atoms with E-state index in [1.807, 2.05) is 0 Å². The minimum absolute atomic E-state index is 0.0185. The number of aliphatic carboxylic acids is 2. The molecule has 88 valence electrons. The maximum Gasteiger partial charge on any atom is 0.490 e. The van der Waals surface area contributed by atoms with Gasteiger partial charge in [0.25, 0.3) is 0 Å². The first-order chi connectivity index (χ1) is 6.75. The molecule has 0 amide bonds. The van der Waals surface area contributed by atoms with Gasteiger partial charge in [-0.15, -0.1) is 0 Å². The van der Waals surface area contributed by atoms with Gasteiger partial charge in [-0.1, -0.05) is 12.8 Å². The van der Waals surface area contributed by atoms with E-state index in [-0.39, 0.29) is 5.92 Å². The molecule has 0 spiro atoms. The summed E-state index contributed by atoms with van der Waals surface area (Å²) in [5, 5.41) is 15.5. The standard InChI is InChI=1S/C6H10O2.C2HF3O2/c7-6(8)5-3-1-2-4-5;3-2(4,5)1(6)7/h5H,1-4H2,(H,7,8);(H,6,7). The van der Waals surface area contributed by atoms with E-state index in [9.17, 15) is 18.0 Å². The van der Waals surface area contributed by atoms with Crippen molar-refractivity contribution in [3.05, 3.63) is 0 Å². The molecule has 1 rings (SSSR count). The third-order valence-electron chi connectivity index (χ3n) is 1.95. The van der Waals surface area contributed by atoms with Crippen LogP contribution >= 0.6 is 0 Å². The maximum atomic E-state index is 10.6. The molecule has 0 heterocycles. The van der Waals surface area contributed by atoms with Gasteiger partial charge in [0.2, 0.25) is 0 Å². The number of rotatable bonds is 1. The monoisotopic (exact) mass is 228 g/mol. The summed E-state index contributed by atoms with van der Waals surface area (Å²) in [7, 11) is 0. The van der Waals surface area contributed by atoms with Crippen molar-refractivity contribution in [3.63, 3.8) is 0 Å². The lowest BCUT2D eigenvalue weighted by atomic mass is 10.1. The Hall–Kier alpha value is -1.27. The van der Waals surface area contributed by atoms with Gasteiger partial charge >= 0.3 is 18.1 Å². The average Bonchev–Trinajstić information content (AvgIpc) is 2.54. The van der Waals surface area contributed by atoms with Crippen LogP contribution in [0.15, 0.2) is 0 Å². The van der Waals surface area contributed by atoms with Gasteiger partial charge in [-0.25, -0.2) is 4.79 Å². The van der Waals surface area contributed by atoms with Gasteiger partial charge in [0.1, 0.15) is 0 Å². The molecule has 1 aliphatic carbocycles. The Balaban J connectivity index is 0.000000265. The molecule has 0 saturated heterocycles. The lowest BCUT2D eigenvalue weighted by molar-refractivity contribution is -0.192. The van der Waals surface area contributed by atoms with Crippen LogP contribution in [-0.4, -0.2) is 28.3 Å². The van der Waals surface area contributed by atoms with Crippen molar-refractivity contribution in [2.45, 2.75) is 31.9 Å². The number of carbonyl (C=O) groups is 2. The van der Waals surface area contributed by atoms with Crippen molar-refractivity contribution in [3.8, 4) is 0 Å². The molecule has 0 bridgehead atoms. The molecular weight excluding hydrogens is 217 g/mol. The predicted octanol–water partition coefficient (Wildman–Crippen LogP) is 1.89. The fourth-order valence-corrected chi connectivity index (χ4v) is 1.17. The van der Waals surface area contributed by atoms with E-state index in [4.69, 9.17) is 15.0 Å². The molecule has 7 heteroatoms. The second-order valence-corrected chi connectivity index (χ2v) is 3.12. The van der Waals surface area contributed by atoms with Crippen molar-refractivity contribution in [1.82, 2.24) is 0 Å². The molecule has 0 unspecified atom stereocenters. The fraction of sp³-hybridized carbons (Fsp3) is 0.750. The summed E-state index contributed by atoms with van der Waals surface area (Å²) in [6, 6.07) is 0. The van der Waals surface area contributed by atoms with Crippen LogP contribution in [-0.2, 0) is 9.59 Å². The molecule has 0 aromatic carbocycles. The van der Waals surface area contributed by atoms with E-state index in [2.05, 4.69) is 0 Å². The van der Waals surface area contributed by atoms with E-state index in [0.717, 1.165) is 25.7 Å². The first kappa shape index (κ1) is 13.7. The lowest BCUT2D eigenvalue weighted by Gasteiger charge is -1.97. The SMILES string of the molecule is O=C(O)C(F)(F)F.O=C(O)C1CCCC1. The van der Waals surface area contributed by atoms with Gasteiger partial charge in [-0.05, 0) is 12.8 Å². The van der Waals surface area contributed by atoms with E-state index in [1.54, 1.807) is 0 Å². The molecule has 4 nitrogen and oxygen atoms in total. The normalized spacial score (nSPS) is 16.7. The smallest absolute Gasteiger partial charge is 0.481 e. The highest BCUT2D eigenvalue weighted by Crippen LogP contribution is 2.24. The summed E-state index contributed by atoms with van der Waals surface area (Å²) in [5.74, 6) is -3.38. The average molecular weight is 228 g/mol. The summed E-state index contributed by atoms with van der Waals surface area (Å²) >= 11 is 0. The van der Waals surface area contributed by atoms with Crippen LogP contribution in [0.1, 0.15) is 25.7 Å². The van der Waals surface area contributed by atoms with Crippen molar-refractivity contribution in [1.29, 1.82) is 0 Å². The minimum Gasteiger partial charge on any atom is -0.481 e. The minimum atomic E-state index is -5.08. The molecular formula is C8H11F3O4. The largest absolute Gasteiger partial charge is 0.490 e. The van der Waals surface area contributed by atoms with Gasteiger partial charge in [0, 0.05) is 0 Å². The van der Waals surface area contributed by atoms with E-state index >= 15 is 0 Å². The summed E-state index contributed by atoms with van der Waals surface area (Å²) in [5.41, 5.74) is 0. The van der Waals surface area contributed by atoms with Crippen LogP contribution in [0.25, 0.3) is 0 Å². The van der Waals surface area contributed by atoms with Gasteiger partial charge in [0.15, 0.2) is 0 Å². The summed E-state index contributed by atoms with van der Waals surface area (Å²) in [6.07, 6.45) is -1.07. The first-order valence-electron chi connectivity index (χ1n) is 4.28. The number of hydrogen-bond acceptors (Lipinski definition) is 2. The van der Waals surface area contributed by atoms with Crippen molar-refractivity contribution < 1.29 is 33.0 Å². The Morgan fingerprint density at radius 3 is 1.53 bits per heavy atom. The third kappa shape index (κ3) is 5.92. The molecule has 0 radical (unpaired) electrons. The molecule has 1 fully saturated rings. The molecule has 0 atom stereocenters. The highest BCUT2D eigenvalue weighted by atomic mass is 19.4. The Labute approximate surface area is 83.7 Å². The fourth-order valence-electron chi connectivity index (χ4n) is 1.17. The molecule has 2 N–H and O–H groups in total. The quantitative estimate of drug-likeness (QED) is 0.718. The highest BCUT2D eigenvalue weighted by molar-refractivity contribution is 5.73. The second kappa shape index (κ2) is 5.57. The van der Waals surface area contributed by atoms with Crippen molar-refractivity contribution >= 4 is 11.9 Å². The van der Waals surface area contributed by atoms with Crippen molar-refractivity contribution in [2.24, 2.45) is 5.92 Å². The predicted molar refractivity (Wildman–Crippen MR) is 43.3 cm³/mol. The van der Waals surface area contributed by atoms with Crippen molar-refractivity contribution in [2.75, 3.05) is 0 Å². The number of hydrogen-bond donors (Lipinski definition) is 2.